The highest BCUT2D eigenvalue weighted by Crippen LogP contribution is 2.26. The van der Waals surface area contributed by atoms with Gasteiger partial charge in [-0.3, -0.25) is 4.79 Å². The summed E-state index contributed by atoms with van der Waals surface area (Å²) in [4.78, 5) is 32.5. The Bertz CT molecular complexity index is 1080. The SMILES string of the molecule is Cc1ccc(NC(=O)c2ccc(CNC(=O)OC(C)(C)C)cc2)cc1Oc1ncccn1. The van der Waals surface area contributed by atoms with Crippen molar-refractivity contribution in [2.24, 2.45) is 0 Å². The van der Waals surface area contributed by atoms with E-state index in [1.165, 1.54) is 0 Å². The summed E-state index contributed by atoms with van der Waals surface area (Å²) in [5.41, 5.74) is 2.25. The lowest BCUT2D eigenvalue weighted by atomic mass is 10.1. The summed E-state index contributed by atoms with van der Waals surface area (Å²) in [7, 11) is 0. The van der Waals surface area contributed by atoms with E-state index >= 15 is 0 Å². The lowest BCUT2D eigenvalue weighted by molar-refractivity contribution is 0.0523. The standard InChI is InChI=1S/C24H26N4O4/c1-16-6-11-19(14-20(16)31-22-25-12-5-13-26-22)28-21(29)18-9-7-17(8-10-18)15-27-23(30)32-24(2,3)4/h5-14H,15H2,1-4H3,(H,27,30)(H,28,29). The summed E-state index contributed by atoms with van der Waals surface area (Å²) in [5.74, 6) is 0.292. The first-order chi connectivity index (χ1) is 15.2. The van der Waals surface area contributed by atoms with Gasteiger partial charge in [0.15, 0.2) is 0 Å². The van der Waals surface area contributed by atoms with Gasteiger partial charge in [0.2, 0.25) is 0 Å². The first-order valence-corrected chi connectivity index (χ1v) is 10.1. The molecule has 0 spiro atoms. The van der Waals surface area contributed by atoms with Crippen molar-refractivity contribution in [2.45, 2.75) is 39.8 Å². The molecule has 1 heterocycles. The number of hydrogen-bond acceptors (Lipinski definition) is 6. The number of carbonyl (C=O) groups is 2. The lowest BCUT2D eigenvalue weighted by Gasteiger charge is -2.19. The van der Waals surface area contributed by atoms with Crippen LogP contribution in [0.2, 0.25) is 0 Å². The maximum absolute atomic E-state index is 12.6. The van der Waals surface area contributed by atoms with E-state index in [0.29, 0.717) is 23.5 Å². The van der Waals surface area contributed by atoms with Crippen molar-refractivity contribution in [3.63, 3.8) is 0 Å². The molecule has 1 aromatic heterocycles. The molecule has 0 atom stereocenters. The Morgan fingerprint density at radius 1 is 1.00 bits per heavy atom. The van der Waals surface area contributed by atoms with Gasteiger partial charge in [-0.1, -0.05) is 18.2 Å². The molecule has 0 aliphatic rings. The molecular formula is C24H26N4O4. The molecule has 0 saturated carbocycles. The fourth-order valence-electron chi connectivity index (χ4n) is 2.69. The maximum atomic E-state index is 12.6. The van der Waals surface area contributed by atoms with Crippen LogP contribution in [-0.2, 0) is 11.3 Å². The zero-order valence-corrected chi connectivity index (χ0v) is 18.5. The summed E-state index contributed by atoms with van der Waals surface area (Å²) in [5, 5.41) is 5.55. The molecule has 8 nitrogen and oxygen atoms in total. The topological polar surface area (TPSA) is 102 Å². The molecular weight excluding hydrogens is 408 g/mol. The number of nitrogens with zero attached hydrogens (tertiary/aromatic N) is 2. The third-order valence-electron chi connectivity index (χ3n) is 4.24. The highest BCUT2D eigenvalue weighted by Gasteiger charge is 2.16. The molecule has 0 saturated heterocycles. The number of nitrogens with one attached hydrogen (secondary N) is 2. The van der Waals surface area contributed by atoms with Crippen molar-refractivity contribution < 1.29 is 19.1 Å². The lowest BCUT2D eigenvalue weighted by Crippen LogP contribution is -2.32. The molecule has 8 heteroatoms. The molecule has 2 amide bonds. The van der Waals surface area contributed by atoms with E-state index in [1.807, 2.05) is 13.0 Å². The predicted molar refractivity (Wildman–Crippen MR) is 121 cm³/mol. The van der Waals surface area contributed by atoms with Crippen LogP contribution in [-0.4, -0.2) is 27.6 Å². The number of rotatable bonds is 6. The van der Waals surface area contributed by atoms with Gasteiger partial charge < -0.3 is 20.1 Å². The monoisotopic (exact) mass is 434 g/mol. The molecule has 166 valence electrons. The predicted octanol–water partition coefficient (Wildman–Crippen LogP) is 4.85. The van der Waals surface area contributed by atoms with Gasteiger partial charge in [0.25, 0.3) is 5.91 Å². The molecule has 0 unspecified atom stereocenters. The van der Waals surface area contributed by atoms with Crippen molar-refractivity contribution in [1.82, 2.24) is 15.3 Å². The van der Waals surface area contributed by atoms with Gasteiger partial charge in [-0.15, -0.1) is 0 Å². The van der Waals surface area contributed by atoms with Crippen LogP contribution in [0.3, 0.4) is 0 Å². The fourth-order valence-corrected chi connectivity index (χ4v) is 2.69. The quantitative estimate of drug-likeness (QED) is 0.575. The van der Waals surface area contributed by atoms with E-state index in [9.17, 15) is 9.59 Å². The molecule has 0 fully saturated rings. The van der Waals surface area contributed by atoms with Crippen LogP contribution in [0.1, 0.15) is 42.3 Å². The van der Waals surface area contributed by atoms with Gasteiger partial charge in [-0.25, -0.2) is 14.8 Å². The summed E-state index contributed by atoms with van der Waals surface area (Å²) in [6.45, 7) is 7.61. The number of amides is 2. The van der Waals surface area contributed by atoms with Crippen molar-refractivity contribution in [1.29, 1.82) is 0 Å². The zero-order valence-electron chi connectivity index (χ0n) is 18.5. The van der Waals surface area contributed by atoms with Gasteiger partial charge in [0.1, 0.15) is 11.4 Å². The second kappa shape index (κ2) is 9.91. The van der Waals surface area contributed by atoms with Crippen LogP contribution in [0.4, 0.5) is 10.5 Å². The van der Waals surface area contributed by atoms with Crippen molar-refractivity contribution in [2.75, 3.05) is 5.32 Å². The van der Waals surface area contributed by atoms with Crippen LogP contribution in [0.5, 0.6) is 11.8 Å². The number of hydrogen-bond donors (Lipinski definition) is 2. The first kappa shape index (κ1) is 22.7. The Morgan fingerprint density at radius 2 is 1.69 bits per heavy atom. The maximum Gasteiger partial charge on any atom is 0.407 e. The van der Waals surface area contributed by atoms with Crippen LogP contribution in [0.25, 0.3) is 0 Å². The molecule has 2 aromatic carbocycles. The van der Waals surface area contributed by atoms with Gasteiger partial charge >= 0.3 is 12.1 Å². The van der Waals surface area contributed by atoms with Gasteiger partial charge in [-0.2, -0.15) is 0 Å². The third-order valence-corrected chi connectivity index (χ3v) is 4.24. The first-order valence-electron chi connectivity index (χ1n) is 10.1. The van der Waals surface area contributed by atoms with E-state index < -0.39 is 11.7 Å². The Balaban J connectivity index is 1.60. The Kier molecular flexibility index (Phi) is 7.04. The normalized spacial score (nSPS) is 10.9. The third kappa shape index (κ3) is 6.80. The summed E-state index contributed by atoms with van der Waals surface area (Å²) >= 11 is 0. The Hall–Kier alpha value is -3.94. The number of aromatic nitrogens is 2. The summed E-state index contributed by atoms with van der Waals surface area (Å²) < 4.78 is 10.9. The van der Waals surface area contributed by atoms with Crippen molar-refractivity contribution in [3.8, 4) is 11.8 Å². The average Bonchev–Trinajstić information content (AvgIpc) is 2.74. The molecule has 3 rings (SSSR count). The van der Waals surface area contributed by atoms with Crippen molar-refractivity contribution in [3.05, 3.63) is 77.6 Å². The minimum absolute atomic E-state index is 0.231. The highest BCUT2D eigenvalue weighted by molar-refractivity contribution is 6.04. The van der Waals surface area contributed by atoms with E-state index in [-0.39, 0.29) is 11.9 Å². The number of ether oxygens (including phenoxy) is 2. The summed E-state index contributed by atoms with van der Waals surface area (Å²) in [6.07, 6.45) is 2.70. The fraction of sp³-hybridized carbons (Fsp3) is 0.250. The summed E-state index contributed by atoms with van der Waals surface area (Å²) in [6, 6.07) is 14.3. The largest absolute Gasteiger partial charge is 0.444 e. The van der Waals surface area contributed by atoms with Gasteiger partial charge in [0.05, 0.1) is 0 Å². The van der Waals surface area contributed by atoms with Crippen molar-refractivity contribution >= 4 is 17.7 Å². The van der Waals surface area contributed by atoms with Gasteiger partial charge in [-0.05, 0) is 63.1 Å². The van der Waals surface area contributed by atoms with Crippen LogP contribution in [0, 0.1) is 6.92 Å². The van der Waals surface area contributed by atoms with E-state index in [1.54, 1.807) is 75.6 Å². The molecule has 3 aromatic rings. The average molecular weight is 434 g/mol. The number of anilines is 1. The highest BCUT2D eigenvalue weighted by atomic mass is 16.6. The van der Waals surface area contributed by atoms with E-state index in [0.717, 1.165) is 11.1 Å². The molecule has 0 aliphatic heterocycles. The second-order valence-corrected chi connectivity index (χ2v) is 8.12. The van der Waals surface area contributed by atoms with E-state index in [2.05, 4.69) is 20.6 Å². The smallest absolute Gasteiger partial charge is 0.407 e. The molecule has 32 heavy (non-hydrogen) atoms. The Labute approximate surface area is 187 Å². The molecule has 0 aliphatic carbocycles. The zero-order chi connectivity index (χ0) is 23.1. The molecule has 2 N–H and O–H groups in total. The number of benzene rings is 2. The number of carbonyl (C=O) groups excluding carboxylic acids is 2. The van der Waals surface area contributed by atoms with Crippen LogP contribution >= 0.6 is 0 Å². The van der Waals surface area contributed by atoms with E-state index in [4.69, 9.17) is 9.47 Å². The van der Waals surface area contributed by atoms with Crippen LogP contribution < -0.4 is 15.4 Å². The van der Waals surface area contributed by atoms with Gasteiger partial charge in [0, 0.05) is 36.3 Å². The molecule has 0 radical (unpaired) electrons. The number of aryl methyl sites for hydroxylation is 1. The second-order valence-electron chi connectivity index (χ2n) is 8.12. The minimum atomic E-state index is -0.555. The minimum Gasteiger partial charge on any atom is -0.444 e. The Morgan fingerprint density at radius 3 is 2.34 bits per heavy atom. The molecule has 0 bridgehead atoms. The van der Waals surface area contributed by atoms with Crippen LogP contribution in [0.15, 0.2) is 60.9 Å². The number of alkyl carbamates (subject to hydrolysis) is 1.